The Morgan fingerprint density at radius 1 is 0.844 bits per heavy atom. The first kappa shape index (κ1) is 21.9. The monoisotopic (exact) mass is 429 g/mol. The number of hydrogen-bond acceptors (Lipinski definition) is 2. The van der Waals surface area contributed by atoms with Crippen molar-refractivity contribution >= 4 is 11.8 Å². The topological polar surface area (TPSA) is 54.3 Å². The normalized spacial score (nSPS) is 14.9. The van der Waals surface area contributed by atoms with Crippen LogP contribution >= 0.6 is 0 Å². The van der Waals surface area contributed by atoms with E-state index >= 15 is 0 Å². The summed E-state index contributed by atoms with van der Waals surface area (Å²) in [5.41, 5.74) is 3.68. The highest BCUT2D eigenvalue weighted by Gasteiger charge is 2.25. The Balaban J connectivity index is 1.30. The first-order chi connectivity index (χ1) is 15.3. The Hall–Kier alpha value is -3.34. The average Bonchev–Trinajstić information content (AvgIpc) is 3.34. The van der Waals surface area contributed by atoms with Crippen molar-refractivity contribution in [2.75, 3.05) is 13.1 Å². The second kappa shape index (κ2) is 9.03. The Labute approximate surface area is 190 Å². The number of amides is 2. The van der Waals surface area contributed by atoms with Crippen LogP contribution in [-0.2, 0) is 5.41 Å². The molecule has 2 amide bonds. The maximum atomic E-state index is 12.9. The van der Waals surface area contributed by atoms with Crippen LogP contribution in [0, 0.1) is 0 Å². The zero-order valence-corrected chi connectivity index (χ0v) is 19.0. The zero-order valence-electron chi connectivity index (χ0n) is 19.0. The molecule has 0 unspecified atom stereocenters. The second-order valence-electron chi connectivity index (χ2n) is 9.50. The number of hydrogen-bond donors (Lipinski definition) is 1. The van der Waals surface area contributed by atoms with Gasteiger partial charge < -0.3 is 14.8 Å². The number of carbonyl (C=O) groups is 2. The molecule has 0 atom stereocenters. The molecule has 1 aliphatic heterocycles. The summed E-state index contributed by atoms with van der Waals surface area (Å²) in [6.07, 6.45) is 5.49. The van der Waals surface area contributed by atoms with Gasteiger partial charge in [0.05, 0.1) is 0 Å². The minimum absolute atomic E-state index is 0.0455. The molecule has 0 saturated carbocycles. The summed E-state index contributed by atoms with van der Waals surface area (Å²) in [6, 6.07) is 19.6. The van der Waals surface area contributed by atoms with Crippen molar-refractivity contribution in [3.8, 4) is 5.69 Å². The number of rotatable bonds is 4. The van der Waals surface area contributed by atoms with E-state index in [4.69, 9.17) is 0 Å². The Bertz CT molecular complexity index is 1050. The predicted octanol–water partition coefficient (Wildman–Crippen LogP) is 4.81. The van der Waals surface area contributed by atoms with Crippen molar-refractivity contribution in [1.29, 1.82) is 0 Å². The summed E-state index contributed by atoms with van der Waals surface area (Å²) < 4.78 is 2.01. The molecule has 1 aliphatic rings. The van der Waals surface area contributed by atoms with Crippen LogP contribution in [0.5, 0.6) is 0 Å². The molecule has 1 saturated heterocycles. The maximum absolute atomic E-state index is 12.9. The summed E-state index contributed by atoms with van der Waals surface area (Å²) >= 11 is 0. The van der Waals surface area contributed by atoms with Gasteiger partial charge in [-0.25, -0.2) is 0 Å². The van der Waals surface area contributed by atoms with E-state index in [-0.39, 0.29) is 23.3 Å². The summed E-state index contributed by atoms with van der Waals surface area (Å²) in [6.45, 7) is 7.77. The predicted molar refractivity (Wildman–Crippen MR) is 127 cm³/mol. The van der Waals surface area contributed by atoms with E-state index in [0.29, 0.717) is 24.2 Å². The molecule has 32 heavy (non-hydrogen) atoms. The molecule has 5 heteroatoms. The lowest BCUT2D eigenvalue weighted by molar-refractivity contribution is 0.0698. The lowest BCUT2D eigenvalue weighted by Crippen LogP contribution is -2.46. The molecular formula is C27H31N3O2. The third-order valence-corrected chi connectivity index (χ3v) is 6.15. The number of piperidine rings is 1. The smallest absolute Gasteiger partial charge is 0.253 e. The molecule has 1 fully saturated rings. The van der Waals surface area contributed by atoms with Crippen LogP contribution in [0.3, 0.4) is 0 Å². The van der Waals surface area contributed by atoms with Gasteiger partial charge in [0.2, 0.25) is 0 Å². The van der Waals surface area contributed by atoms with Crippen LogP contribution in [0.15, 0.2) is 73.1 Å². The van der Waals surface area contributed by atoms with Crippen LogP contribution < -0.4 is 5.32 Å². The summed E-state index contributed by atoms with van der Waals surface area (Å²) in [7, 11) is 0. The zero-order chi connectivity index (χ0) is 22.7. The molecule has 166 valence electrons. The maximum Gasteiger partial charge on any atom is 0.253 e. The van der Waals surface area contributed by atoms with Gasteiger partial charge in [0.25, 0.3) is 11.8 Å². The average molecular weight is 430 g/mol. The largest absolute Gasteiger partial charge is 0.349 e. The van der Waals surface area contributed by atoms with Crippen LogP contribution in [0.25, 0.3) is 5.69 Å². The lowest BCUT2D eigenvalue weighted by Gasteiger charge is -2.32. The van der Waals surface area contributed by atoms with Crippen molar-refractivity contribution in [3.63, 3.8) is 0 Å². The molecule has 2 aromatic carbocycles. The minimum atomic E-state index is -0.0455. The van der Waals surface area contributed by atoms with Gasteiger partial charge in [-0.2, -0.15) is 0 Å². The summed E-state index contributed by atoms with van der Waals surface area (Å²) in [5.74, 6) is 0.00226. The summed E-state index contributed by atoms with van der Waals surface area (Å²) in [4.78, 5) is 27.4. The second-order valence-corrected chi connectivity index (χ2v) is 9.50. The number of nitrogens with one attached hydrogen (secondary N) is 1. The highest BCUT2D eigenvalue weighted by atomic mass is 16.2. The van der Waals surface area contributed by atoms with E-state index in [9.17, 15) is 9.59 Å². The van der Waals surface area contributed by atoms with Crippen molar-refractivity contribution < 1.29 is 9.59 Å². The number of aromatic nitrogens is 1. The minimum Gasteiger partial charge on any atom is -0.349 e. The van der Waals surface area contributed by atoms with Gasteiger partial charge in [0, 0.05) is 48.3 Å². The van der Waals surface area contributed by atoms with E-state index in [1.165, 1.54) is 5.56 Å². The molecule has 0 radical (unpaired) electrons. The SMILES string of the molecule is CC(C)(C)c1ccc(C(=O)NC2CCN(C(=O)c3ccc(-n4cccc4)cc3)CC2)cc1. The van der Waals surface area contributed by atoms with Gasteiger partial charge in [-0.1, -0.05) is 32.9 Å². The van der Waals surface area contributed by atoms with Crippen molar-refractivity contribution in [1.82, 2.24) is 14.8 Å². The number of nitrogens with zero attached hydrogens (tertiary/aromatic N) is 2. The molecular weight excluding hydrogens is 398 g/mol. The van der Waals surface area contributed by atoms with Gasteiger partial charge >= 0.3 is 0 Å². The Morgan fingerprint density at radius 2 is 1.41 bits per heavy atom. The fourth-order valence-electron chi connectivity index (χ4n) is 4.08. The first-order valence-electron chi connectivity index (χ1n) is 11.3. The van der Waals surface area contributed by atoms with Gasteiger partial charge in [-0.05, 0) is 72.4 Å². The first-order valence-corrected chi connectivity index (χ1v) is 11.3. The number of carbonyl (C=O) groups excluding carboxylic acids is 2. The van der Waals surface area contributed by atoms with Crippen LogP contribution in [0.4, 0.5) is 0 Å². The molecule has 0 bridgehead atoms. The third kappa shape index (κ3) is 4.93. The number of benzene rings is 2. The molecule has 4 rings (SSSR count). The number of likely N-dealkylation sites (tertiary alicyclic amines) is 1. The molecule has 1 N–H and O–H groups in total. The standard InChI is InChI=1S/C27H31N3O2/c1-27(2,3)22-10-6-20(7-11-22)25(31)28-23-14-18-30(19-15-23)26(32)21-8-12-24(13-9-21)29-16-4-5-17-29/h4-13,16-17,23H,14-15,18-19H2,1-3H3,(H,28,31). The Morgan fingerprint density at radius 3 is 1.97 bits per heavy atom. The Kier molecular flexibility index (Phi) is 6.17. The van der Waals surface area contributed by atoms with E-state index in [1.807, 2.05) is 82.5 Å². The van der Waals surface area contributed by atoms with Crippen molar-refractivity contribution in [2.24, 2.45) is 0 Å². The van der Waals surface area contributed by atoms with E-state index in [1.54, 1.807) is 0 Å². The fourth-order valence-corrected chi connectivity index (χ4v) is 4.08. The highest BCUT2D eigenvalue weighted by Crippen LogP contribution is 2.22. The van der Waals surface area contributed by atoms with Gasteiger partial charge in [0.1, 0.15) is 0 Å². The molecule has 0 spiro atoms. The highest BCUT2D eigenvalue weighted by molar-refractivity contribution is 5.95. The summed E-state index contributed by atoms with van der Waals surface area (Å²) in [5, 5.41) is 3.14. The fraction of sp³-hybridized carbons (Fsp3) is 0.333. The molecule has 2 heterocycles. The van der Waals surface area contributed by atoms with Gasteiger partial charge in [-0.15, -0.1) is 0 Å². The van der Waals surface area contributed by atoms with Crippen molar-refractivity contribution in [3.05, 3.63) is 89.7 Å². The molecule has 5 nitrogen and oxygen atoms in total. The van der Waals surface area contributed by atoms with Crippen LogP contribution in [0.1, 0.15) is 59.9 Å². The van der Waals surface area contributed by atoms with E-state index in [2.05, 4.69) is 26.1 Å². The van der Waals surface area contributed by atoms with Gasteiger partial charge in [-0.3, -0.25) is 9.59 Å². The van der Waals surface area contributed by atoms with Crippen LogP contribution in [-0.4, -0.2) is 40.4 Å². The quantitative estimate of drug-likeness (QED) is 0.647. The van der Waals surface area contributed by atoms with Gasteiger partial charge in [0.15, 0.2) is 0 Å². The van der Waals surface area contributed by atoms with Crippen LogP contribution in [0.2, 0.25) is 0 Å². The lowest BCUT2D eigenvalue weighted by atomic mass is 9.86. The van der Waals surface area contributed by atoms with E-state index in [0.717, 1.165) is 18.5 Å². The molecule has 3 aromatic rings. The third-order valence-electron chi connectivity index (χ3n) is 6.15. The molecule has 0 aliphatic carbocycles. The molecule has 1 aromatic heterocycles. The van der Waals surface area contributed by atoms with E-state index < -0.39 is 0 Å². The van der Waals surface area contributed by atoms with Crippen molar-refractivity contribution in [2.45, 2.75) is 45.1 Å².